The molecule has 0 fully saturated rings. The lowest BCUT2D eigenvalue weighted by atomic mass is 10.1. The third kappa shape index (κ3) is 2.75. The van der Waals surface area contributed by atoms with Gasteiger partial charge >= 0.3 is 0 Å². The molecular weight excluding hydrogens is 328 g/mol. The number of fused-ring (bicyclic) bond motifs is 1. The largest absolute Gasteiger partial charge is 0.744 e. The number of aromatic nitrogens is 1. The fourth-order valence-corrected chi connectivity index (χ4v) is 3.39. The van der Waals surface area contributed by atoms with Crippen LogP contribution in [0.2, 0.25) is 0 Å². The van der Waals surface area contributed by atoms with Gasteiger partial charge in [0.15, 0.2) is 6.29 Å². The molecule has 1 aromatic heterocycles. The minimum absolute atomic E-state index is 0.0341. The maximum absolute atomic E-state index is 12.5. The molecule has 0 saturated carbocycles. The summed E-state index contributed by atoms with van der Waals surface area (Å²) in [6, 6.07) is 12.2. The number of benzene rings is 2. The van der Waals surface area contributed by atoms with Crippen molar-refractivity contribution in [3.63, 3.8) is 0 Å². The Bertz CT molecular complexity index is 1010. The van der Waals surface area contributed by atoms with E-state index in [0.29, 0.717) is 17.2 Å². The van der Waals surface area contributed by atoms with Crippen LogP contribution in [0.4, 0.5) is 5.69 Å². The SMILES string of the molecule is Cc1ccc(S(=O)(=O)N([O-])c2cccc3cc(C=O)cnc23)cc1. The molecule has 24 heavy (non-hydrogen) atoms. The third-order valence-corrected chi connectivity index (χ3v) is 5.08. The number of anilines is 1. The molecule has 0 spiro atoms. The number of sulfonamides is 1. The molecule has 0 aliphatic carbocycles. The first-order chi connectivity index (χ1) is 11.4. The maximum Gasteiger partial charge on any atom is 0.254 e. The number of carbonyl (C=O) groups excluding carboxylic acids is 1. The molecule has 0 atom stereocenters. The van der Waals surface area contributed by atoms with E-state index in [-0.39, 0.29) is 20.6 Å². The van der Waals surface area contributed by atoms with Gasteiger partial charge in [0.05, 0.1) is 16.1 Å². The van der Waals surface area contributed by atoms with Crippen LogP contribution in [-0.2, 0) is 10.0 Å². The number of aryl methyl sites for hydroxylation is 1. The highest BCUT2D eigenvalue weighted by Gasteiger charge is 2.19. The van der Waals surface area contributed by atoms with Crippen molar-refractivity contribution < 1.29 is 13.2 Å². The van der Waals surface area contributed by atoms with Gasteiger partial charge in [0.25, 0.3) is 10.0 Å². The summed E-state index contributed by atoms with van der Waals surface area (Å²) in [5, 5.41) is 13.1. The standard InChI is InChI=1S/C17H13N2O4S/c1-12-5-7-15(8-6-12)24(22,23)19(21)16-4-2-3-14-9-13(11-20)10-18-17(14)16/h2-11H,1H3/q-1. The van der Waals surface area contributed by atoms with Gasteiger partial charge in [0, 0.05) is 17.1 Å². The monoisotopic (exact) mass is 341 g/mol. The molecule has 0 radical (unpaired) electrons. The molecule has 0 aliphatic heterocycles. The molecule has 1 heterocycles. The Balaban J connectivity index is 2.12. The number of para-hydroxylation sites is 1. The first-order valence-electron chi connectivity index (χ1n) is 7.06. The first-order valence-corrected chi connectivity index (χ1v) is 8.50. The van der Waals surface area contributed by atoms with Crippen LogP contribution < -0.4 is 4.47 Å². The molecule has 3 rings (SSSR count). The predicted octanol–water partition coefficient (Wildman–Crippen LogP) is 3.05. The Morgan fingerprint density at radius 1 is 1.12 bits per heavy atom. The van der Waals surface area contributed by atoms with E-state index >= 15 is 0 Å². The lowest BCUT2D eigenvalue weighted by Crippen LogP contribution is -2.25. The summed E-state index contributed by atoms with van der Waals surface area (Å²) < 4.78 is 25.0. The van der Waals surface area contributed by atoms with Gasteiger partial charge in [0.1, 0.15) is 0 Å². The van der Waals surface area contributed by atoms with E-state index in [1.54, 1.807) is 30.3 Å². The number of aldehydes is 1. The van der Waals surface area contributed by atoms with Crippen LogP contribution in [0.15, 0.2) is 59.6 Å². The van der Waals surface area contributed by atoms with Crippen molar-refractivity contribution in [1.29, 1.82) is 0 Å². The van der Waals surface area contributed by atoms with Gasteiger partial charge in [-0.25, -0.2) is 8.42 Å². The van der Waals surface area contributed by atoms with E-state index in [9.17, 15) is 18.4 Å². The number of hydrogen-bond acceptors (Lipinski definition) is 5. The van der Waals surface area contributed by atoms with Gasteiger partial charge in [0.2, 0.25) is 0 Å². The lowest BCUT2D eigenvalue weighted by molar-refractivity contribution is 0.112. The van der Waals surface area contributed by atoms with E-state index in [4.69, 9.17) is 0 Å². The van der Waals surface area contributed by atoms with Crippen LogP contribution in [0.3, 0.4) is 0 Å². The summed E-state index contributed by atoms with van der Waals surface area (Å²) in [7, 11) is -4.25. The average molecular weight is 341 g/mol. The molecule has 0 bridgehead atoms. The highest BCUT2D eigenvalue weighted by Crippen LogP contribution is 2.29. The maximum atomic E-state index is 12.5. The molecule has 6 nitrogen and oxygen atoms in total. The summed E-state index contributed by atoms with van der Waals surface area (Å²) in [5.41, 5.74) is 1.36. The molecule has 122 valence electrons. The van der Waals surface area contributed by atoms with E-state index in [2.05, 4.69) is 4.98 Å². The van der Waals surface area contributed by atoms with Crippen LogP contribution in [0, 0.1) is 12.1 Å². The topological polar surface area (TPSA) is 90.4 Å². The normalized spacial score (nSPS) is 11.4. The van der Waals surface area contributed by atoms with Crippen LogP contribution >= 0.6 is 0 Å². The summed E-state index contributed by atoms with van der Waals surface area (Å²) >= 11 is 0. The quantitative estimate of drug-likeness (QED) is 0.537. The predicted molar refractivity (Wildman–Crippen MR) is 91.3 cm³/mol. The Hall–Kier alpha value is -2.77. The fourth-order valence-electron chi connectivity index (χ4n) is 2.31. The molecule has 0 aliphatic rings. The second-order valence-corrected chi connectivity index (χ2v) is 7.03. The number of nitrogens with zero attached hydrogens (tertiary/aromatic N) is 2. The Morgan fingerprint density at radius 2 is 1.83 bits per heavy atom. The van der Waals surface area contributed by atoms with Crippen LogP contribution in [0.1, 0.15) is 15.9 Å². The fraction of sp³-hybridized carbons (Fsp3) is 0.0588. The molecular formula is C17H13N2O4S-. The Kier molecular flexibility index (Phi) is 4.04. The molecule has 3 aromatic rings. The summed E-state index contributed by atoms with van der Waals surface area (Å²) in [4.78, 5) is 14.8. The van der Waals surface area contributed by atoms with Crippen molar-refractivity contribution in [3.05, 3.63) is 71.1 Å². The lowest BCUT2D eigenvalue weighted by Gasteiger charge is -2.30. The van der Waals surface area contributed by atoms with E-state index < -0.39 is 10.0 Å². The van der Waals surface area contributed by atoms with Crippen LogP contribution in [0.25, 0.3) is 10.9 Å². The zero-order chi connectivity index (χ0) is 17.3. The van der Waals surface area contributed by atoms with Crippen LogP contribution in [-0.4, -0.2) is 19.7 Å². The molecule has 2 aromatic carbocycles. The summed E-state index contributed by atoms with van der Waals surface area (Å²) in [6.07, 6.45) is 1.93. The van der Waals surface area contributed by atoms with E-state index in [0.717, 1.165) is 5.56 Å². The van der Waals surface area contributed by atoms with Gasteiger partial charge < -0.3 is 9.68 Å². The number of carbonyl (C=O) groups is 1. The van der Waals surface area contributed by atoms with Gasteiger partial charge in [-0.15, -0.1) is 0 Å². The number of hydrogen-bond donors (Lipinski definition) is 0. The number of rotatable bonds is 4. The Morgan fingerprint density at radius 3 is 2.50 bits per heavy atom. The van der Waals surface area contributed by atoms with Crippen molar-refractivity contribution in [3.8, 4) is 0 Å². The molecule has 0 unspecified atom stereocenters. The second kappa shape index (κ2) is 6.03. The average Bonchev–Trinajstić information content (AvgIpc) is 2.60. The van der Waals surface area contributed by atoms with Crippen molar-refractivity contribution in [2.24, 2.45) is 0 Å². The van der Waals surface area contributed by atoms with Crippen LogP contribution in [0.5, 0.6) is 0 Å². The van der Waals surface area contributed by atoms with Gasteiger partial charge in [-0.1, -0.05) is 29.8 Å². The minimum Gasteiger partial charge on any atom is -0.744 e. The van der Waals surface area contributed by atoms with Crippen molar-refractivity contribution >= 4 is 32.9 Å². The number of pyridine rings is 1. The van der Waals surface area contributed by atoms with Crippen molar-refractivity contribution in [2.75, 3.05) is 4.47 Å². The van der Waals surface area contributed by atoms with Crippen molar-refractivity contribution in [2.45, 2.75) is 11.8 Å². The van der Waals surface area contributed by atoms with Gasteiger partial charge in [-0.2, -0.15) is 0 Å². The zero-order valence-corrected chi connectivity index (χ0v) is 13.5. The highest BCUT2D eigenvalue weighted by atomic mass is 32.2. The molecule has 0 N–H and O–H groups in total. The summed E-state index contributed by atoms with van der Waals surface area (Å²) in [6.45, 7) is 1.82. The second-order valence-electron chi connectivity index (χ2n) is 5.28. The van der Waals surface area contributed by atoms with E-state index in [1.165, 1.54) is 24.4 Å². The zero-order valence-electron chi connectivity index (χ0n) is 12.7. The molecule has 7 heteroatoms. The Labute approximate surface area is 139 Å². The van der Waals surface area contributed by atoms with Gasteiger partial charge in [-0.05, 0) is 31.2 Å². The smallest absolute Gasteiger partial charge is 0.254 e. The van der Waals surface area contributed by atoms with Crippen molar-refractivity contribution in [1.82, 2.24) is 4.98 Å². The third-order valence-electron chi connectivity index (χ3n) is 3.58. The molecule has 0 amide bonds. The first kappa shape index (κ1) is 16.1. The van der Waals surface area contributed by atoms with Gasteiger partial charge in [-0.3, -0.25) is 9.78 Å². The summed E-state index contributed by atoms with van der Waals surface area (Å²) in [5.74, 6) is 0. The molecule has 0 saturated heterocycles. The van der Waals surface area contributed by atoms with E-state index in [1.807, 2.05) is 6.92 Å². The highest BCUT2D eigenvalue weighted by molar-refractivity contribution is 7.93. The minimum atomic E-state index is -4.25.